The lowest BCUT2D eigenvalue weighted by molar-refractivity contribution is 0.570. The van der Waals surface area contributed by atoms with Crippen molar-refractivity contribution >= 4 is 21.2 Å². The summed E-state index contributed by atoms with van der Waals surface area (Å²) in [5.41, 5.74) is 6.77. The van der Waals surface area contributed by atoms with E-state index in [1.54, 1.807) is 29.2 Å². The molecule has 0 bridgehead atoms. The van der Waals surface area contributed by atoms with E-state index >= 15 is 0 Å². The highest BCUT2D eigenvalue weighted by molar-refractivity contribution is 7.90. The maximum absolute atomic E-state index is 11.6. The quantitative estimate of drug-likeness (QED) is 0.602. The van der Waals surface area contributed by atoms with Crippen molar-refractivity contribution in [3.05, 3.63) is 30.6 Å². The molecular weight excluding hydrogens is 278 g/mol. The molecule has 0 unspecified atom stereocenters. The molecule has 7 nitrogen and oxygen atoms in total. The Morgan fingerprint density at radius 2 is 2.20 bits per heavy atom. The van der Waals surface area contributed by atoms with Crippen molar-refractivity contribution in [1.29, 1.82) is 0 Å². The number of benzene rings is 1. The smallest absolute Gasteiger partial charge is 0.177 e. The van der Waals surface area contributed by atoms with Crippen molar-refractivity contribution in [2.75, 3.05) is 23.9 Å². The predicted molar refractivity (Wildman–Crippen MR) is 77.1 cm³/mol. The van der Waals surface area contributed by atoms with Gasteiger partial charge >= 0.3 is 0 Å². The second-order valence-electron chi connectivity index (χ2n) is 4.44. The lowest BCUT2D eigenvalue weighted by Crippen LogP contribution is -2.10. The third-order valence-corrected chi connectivity index (χ3v) is 3.97. The summed E-state index contributed by atoms with van der Waals surface area (Å²) in [5.74, 6) is 0. The first kappa shape index (κ1) is 14.3. The normalized spacial score (nSPS) is 11.4. The molecule has 0 fully saturated rings. The molecule has 1 heterocycles. The van der Waals surface area contributed by atoms with Gasteiger partial charge in [-0.05, 0) is 18.6 Å². The molecule has 108 valence electrons. The van der Waals surface area contributed by atoms with Crippen LogP contribution in [0.4, 0.5) is 11.4 Å². The van der Waals surface area contributed by atoms with Crippen molar-refractivity contribution in [2.24, 2.45) is 0 Å². The van der Waals surface area contributed by atoms with Crippen LogP contribution in [0, 0.1) is 0 Å². The highest BCUT2D eigenvalue weighted by atomic mass is 32.2. The molecule has 0 saturated carbocycles. The minimum atomic E-state index is -3.31. The largest absolute Gasteiger partial charge is 0.396 e. The molecule has 2 aromatic rings. The number of aromatic nitrogens is 3. The van der Waals surface area contributed by atoms with Gasteiger partial charge in [0.15, 0.2) is 9.84 Å². The van der Waals surface area contributed by atoms with Gasteiger partial charge in [0.2, 0.25) is 0 Å². The summed E-state index contributed by atoms with van der Waals surface area (Å²) < 4.78 is 24.9. The Balaban J connectivity index is 1.96. The summed E-state index contributed by atoms with van der Waals surface area (Å²) in [5, 5.41) is 10.7. The summed E-state index contributed by atoms with van der Waals surface area (Å²) in [6.45, 7) is 1.40. The Hall–Kier alpha value is -2.09. The summed E-state index contributed by atoms with van der Waals surface area (Å²) in [4.78, 5) is 0.152. The highest BCUT2D eigenvalue weighted by Gasteiger charge is 2.13. The fraction of sp³-hybridized carbons (Fsp3) is 0.333. The lowest BCUT2D eigenvalue weighted by Gasteiger charge is -2.12. The fourth-order valence-electron chi connectivity index (χ4n) is 1.84. The number of nitrogens with two attached hydrogens (primary N) is 1. The molecule has 0 spiro atoms. The van der Waals surface area contributed by atoms with E-state index in [2.05, 4.69) is 15.6 Å². The van der Waals surface area contributed by atoms with Gasteiger partial charge in [-0.25, -0.2) is 8.42 Å². The van der Waals surface area contributed by atoms with Crippen LogP contribution in [0.5, 0.6) is 0 Å². The zero-order valence-electron chi connectivity index (χ0n) is 11.2. The molecule has 3 N–H and O–H groups in total. The third kappa shape index (κ3) is 3.47. The van der Waals surface area contributed by atoms with Crippen LogP contribution in [0.15, 0.2) is 35.5 Å². The van der Waals surface area contributed by atoms with Gasteiger partial charge < -0.3 is 11.1 Å². The van der Waals surface area contributed by atoms with Crippen LogP contribution in [0.3, 0.4) is 0 Å². The number of rotatable bonds is 6. The molecular formula is C12H17N5O2S. The van der Waals surface area contributed by atoms with Crippen molar-refractivity contribution in [2.45, 2.75) is 17.9 Å². The van der Waals surface area contributed by atoms with Gasteiger partial charge in [0.25, 0.3) is 0 Å². The topological polar surface area (TPSA) is 103 Å². The van der Waals surface area contributed by atoms with Crippen molar-refractivity contribution in [3.8, 4) is 0 Å². The van der Waals surface area contributed by atoms with E-state index in [4.69, 9.17) is 5.73 Å². The standard InChI is InChI=1S/C12H17N5O2S/c1-20(18,19)11-5-2-4-10(12(11)13)14-6-3-8-17-9-7-15-16-17/h2,4-5,7,9,14H,3,6,8,13H2,1H3. The number of sulfone groups is 1. The summed E-state index contributed by atoms with van der Waals surface area (Å²) in [6.07, 6.45) is 5.39. The molecule has 0 aliphatic rings. The molecule has 20 heavy (non-hydrogen) atoms. The first-order chi connectivity index (χ1) is 9.48. The molecule has 0 aliphatic carbocycles. The Kier molecular flexibility index (Phi) is 4.23. The molecule has 0 amide bonds. The van der Waals surface area contributed by atoms with Crippen molar-refractivity contribution in [1.82, 2.24) is 15.0 Å². The van der Waals surface area contributed by atoms with Gasteiger partial charge in [0.1, 0.15) is 0 Å². The van der Waals surface area contributed by atoms with E-state index in [9.17, 15) is 8.42 Å². The van der Waals surface area contributed by atoms with Crippen molar-refractivity contribution < 1.29 is 8.42 Å². The van der Waals surface area contributed by atoms with Crippen LogP contribution in [0.2, 0.25) is 0 Å². The number of nitrogen functional groups attached to an aromatic ring is 1. The maximum atomic E-state index is 11.6. The van der Waals surface area contributed by atoms with Crippen molar-refractivity contribution in [3.63, 3.8) is 0 Å². The van der Waals surface area contributed by atoms with E-state index < -0.39 is 9.84 Å². The van der Waals surface area contributed by atoms with E-state index in [1.807, 2.05) is 0 Å². The van der Waals surface area contributed by atoms with Gasteiger partial charge in [-0.2, -0.15) is 0 Å². The summed E-state index contributed by atoms with van der Waals surface area (Å²) in [7, 11) is -3.31. The second kappa shape index (κ2) is 5.91. The fourth-order valence-corrected chi connectivity index (χ4v) is 2.67. The van der Waals surface area contributed by atoms with E-state index in [0.717, 1.165) is 19.2 Å². The number of hydrogen-bond acceptors (Lipinski definition) is 6. The first-order valence-electron chi connectivity index (χ1n) is 6.15. The van der Waals surface area contributed by atoms with Gasteiger partial charge in [0, 0.05) is 25.5 Å². The monoisotopic (exact) mass is 295 g/mol. The van der Waals surface area contributed by atoms with Gasteiger partial charge in [-0.3, -0.25) is 4.68 Å². The molecule has 0 atom stereocenters. The minimum absolute atomic E-state index is 0.152. The molecule has 0 saturated heterocycles. The number of hydrogen-bond donors (Lipinski definition) is 2. The van der Waals surface area contributed by atoms with Crippen LogP contribution >= 0.6 is 0 Å². The van der Waals surface area contributed by atoms with Gasteiger partial charge in [-0.15, -0.1) is 5.10 Å². The van der Waals surface area contributed by atoms with Crippen LogP contribution < -0.4 is 11.1 Å². The maximum Gasteiger partial charge on any atom is 0.177 e. The number of nitrogens with one attached hydrogen (secondary N) is 1. The zero-order valence-corrected chi connectivity index (χ0v) is 12.0. The van der Waals surface area contributed by atoms with Gasteiger partial charge in [-0.1, -0.05) is 11.3 Å². The molecule has 1 aromatic heterocycles. The average molecular weight is 295 g/mol. The molecule has 0 radical (unpaired) electrons. The van der Waals surface area contributed by atoms with Crippen LogP contribution in [-0.4, -0.2) is 36.2 Å². The Bertz CT molecular complexity index is 667. The molecule has 0 aliphatic heterocycles. The molecule has 8 heteroatoms. The van der Waals surface area contributed by atoms with E-state index in [1.165, 1.54) is 6.07 Å². The second-order valence-corrected chi connectivity index (χ2v) is 6.42. The Labute approximate surface area is 117 Å². The van der Waals surface area contributed by atoms with Crippen LogP contribution in [0.25, 0.3) is 0 Å². The van der Waals surface area contributed by atoms with Gasteiger partial charge in [0.05, 0.1) is 22.5 Å². The van der Waals surface area contributed by atoms with Crippen LogP contribution in [0.1, 0.15) is 6.42 Å². The Morgan fingerprint density at radius 1 is 1.40 bits per heavy atom. The molecule has 1 aromatic carbocycles. The number of anilines is 2. The average Bonchev–Trinajstić information content (AvgIpc) is 2.88. The number of nitrogens with zero attached hydrogens (tertiary/aromatic N) is 3. The SMILES string of the molecule is CS(=O)(=O)c1cccc(NCCCn2ccnn2)c1N. The lowest BCUT2D eigenvalue weighted by atomic mass is 10.2. The third-order valence-electron chi connectivity index (χ3n) is 2.82. The van der Waals surface area contributed by atoms with Crippen LogP contribution in [-0.2, 0) is 16.4 Å². The highest BCUT2D eigenvalue weighted by Crippen LogP contribution is 2.26. The first-order valence-corrected chi connectivity index (χ1v) is 8.04. The summed E-state index contributed by atoms with van der Waals surface area (Å²) in [6, 6.07) is 4.94. The number of para-hydroxylation sites is 1. The van der Waals surface area contributed by atoms with E-state index in [0.29, 0.717) is 12.2 Å². The predicted octanol–water partition coefficient (Wildman–Crippen LogP) is 0.766. The summed E-state index contributed by atoms with van der Waals surface area (Å²) >= 11 is 0. The zero-order chi connectivity index (χ0) is 14.6. The Morgan fingerprint density at radius 3 is 2.85 bits per heavy atom. The van der Waals surface area contributed by atoms with E-state index in [-0.39, 0.29) is 10.6 Å². The molecule has 2 rings (SSSR count). The minimum Gasteiger partial charge on any atom is -0.396 e. The number of aryl methyl sites for hydroxylation is 1.